The van der Waals surface area contributed by atoms with Gasteiger partial charge in [0.25, 0.3) is 0 Å². The van der Waals surface area contributed by atoms with E-state index in [4.69, 9.17) is 4.74 Å². The summed E-state index contributed by atoms with van der Waals surface area (Å²) < 4.78 is 33.0. The summed E-state index contributed by atoms with van der Waals surface area (Å²) >= 11 is 1.46. The number of nitrogens with one attached hydrogen (secondary N) is 1. The smallest absolute Gasteiger partial charge is 0.166 e. The van der Waals surface area contributed by atoms with Crippen LogP contribution in [0, 0.1) is 5.41 Å². The Morgan fingerprint density at radius 2 is 2.21 bits per heavy atom. The van der Waals surface area contributed by atoms with E-state index in [-0.39, 0.29) is 16.9 Å². The van der Waals surface area contributed by atoms with Gasteiger partial charge in [0.2, 0.25) is 0 Å². The highest BCUT2D eigenvalue weighted by molar-refractivity contribution is 8.14. The van der Waals surface area contributed by atoms with E-state index in [0.29, 0.717) is 13.0 Å². The molecule has 0 amide bonds. The maximum Gasteiger partial charge on any atom is 0.166 e. The average Bonchev–Trinajstić information content (AvgIpc) is 3.18. The first kappa shape index (κ1) is 12.1. The largest absolute Gasteiger partial charge is 0.358 e. The number of amidine groups is 1. The van der Waals surface area contributed by atoms with E-state index in [1.807, 2.05) is 0 Å². The van der Waals surface area contributed by atoms with E-state index in [9.17, 15) is 8.78 Å². The molecule has 0 aromatic rings. The van der Waals surface area contributed by atoms with Crippen molar-refractivity contribution >= 4 is 16.9 Å². The molecule has 19 heavy (non-hydrogen) atoms. The molecule has 2 saturated heterocycles. The molecule has 4 atom stereocenters. The van der Waals surface area contributed by atoms with Gasteiger partial charge >= 0.3 is 0 Å². The molecule has 3 unspecified atom stereocenters. The predicted molar refractivity (Wildman–Crippen MR) is 70.7 cm³/mol. The summed E-state index contributed by atoms with van der Waals surface area (Å²) in [4.78, 5) is 4.35. The molecule has 2 aliphatic heterocycles. The summed E-state index contributed by atoms with van der Waals surface area (Å²) in [6.45, 7) is 4.18. The Kier molecular flexibility index (Phi) is 2.38. The van der Waals surface area contributed by atoms with Crippen LogP contribution in [0.3, 0.4) is 0 Å². The molecule has 2 spiro atoms. The molecule has 4 fully saturated rings. The van der Waals surface area contributed by atoms with Crippen molar-refractivity contribution in [3.63, 3.8) is 0 Å². The van der Waals surface area contributed by atoms with Crippen LogP contribution >= 0.6 is 11.8 Å². The van der Waals surface area contributed by atoms with Gasteiger partial charge in [-0.2, -0.15) is 0 Å². The molecule has 0 aromatic carbocycles. The Hall–Kier alpha value is -0.620. The number of ether oxygens (including phenoxy) is 1. The van der Waals surface area contributed by atoms with Crippen LogP contribution in [0.5, 0.6) is 0 Å². The van der Waals surface area contributed by atoms with Gasteiger partial charge in [0.1, 0.15) is 11.0 Å². The van der Waals surface area contributed by atoms with Gasteiger partial charge in [-0.25, -0.2) is 8.78 Å². The summed E-state index contributed by atoms with van der Waals surface area (Å²) in [7, 11) is 0. The van der Waals surface area contributed by atoms with Crippen LogP contribution in [0.2, 0.25) is 0 Å². The van der Waals surface area contributed by atoms with Crippen molar-refractivity contribution in [3.8, 4) is 0 Å². The lowest BCUT2D eigenvalue weighted by Crippen LogP contribution is -2.50. The van der Waals surface area contributed by atoms with E-state index in [1.165, 1.54) is 11.8 Å². The van der Waals surface area contributed by atoms with Crippen LogP contribution < -0.4 is 5.32 Å². The maximum atomic E-state index is 13.6. The SMILES string of the molecule is C=CCN=C1NC2[C@H](OC3(CC24CC4)C(F)C3F)S1. The molecule has 1 N–H and O–H groups in total. The number of nitrogens with zero attached hydrogens (tertiary/aromatic N) is 1. The first-order valence-corrected chi connectivity index (χ1v) is 7.54. The van der Waals surface area contributed by atoms with Gasteiger partial charge in [0, 0.05) is 0 Å². The van der Waals surface area contributed by atoms with Crippen LogP contribution in [0.1, 0.15) is 19.3 Å². The van der Waals surface area contributed by atoms with E-state index in [0.717, 1.165) is 18.0 Å². The number of hydrogen-bond donors (Lipinski definition) is 1. The van der Waals surface area contributed by atoms with Crippen molar-refractivity contribution in [2.75, 3.05) is 6.54 Å². The summed E-state index contributed by atoms with van der Waals surface area (Å²) in [5, 5.41) is 4.18. The third-order valence-corrected chi connectivity index (χ3v) is 5.81. The Bertz CT molecular complexity index is 458. The van der Waals surface area contributed by atoms with Crippen LogP contribution in [0.4, 0.5) is 8.78 Å². The zero-order valence-corrected chi connectivity index (χ0v) is 11.3. The standard InChI is InChI=1S/C13H16F2N2OS/c1-2-5-16-11-17-9-10(19-11)18-13(7(14)8(13)15)6-12(9)3-4-12/h2,7-10H,1,3-6H2,(H,16,17)/t7?,8?,9?,10-,13?/m1/s1. The summed E-state index contributed by atoms with van der Waals surface area (Å²) in [5.74, 6) is 0. The maximum absolute atomic E-state index is 13.6. The molecule has 2 heterocycles. The van der Waals surface area contributed by atoms with Crippen molar-refractivity contribution in [3.05, 3.63) is 12.7 Å². The molecule has 0 aromatic heterocycles. The van der Waals surface area contributed by atoms with E-state index < -0.39 is 17.9 Å². The molecule has 4 aliphatic rings. The molecule has 0 bridgehead atoms. The zero-order valence-electron chi connectivity index (χ0n) is 10.4. The van der Waals surface area contributed by atoms with Crippen LogP contribution in [0.15, 0.2) is 17.6 Å². The minimum absolute atomic E-state index is 0.0204. The molecular weight excluding hydrogens is 270 g/mol. The van der Waals surface area contributed by atoms with Crippen LogP contribution in [-0.4, -0.2) is 41.1 Å². The second-order valence-corrected chi connectivity index (χ2v) is 7.05. The topological polar surface area (TPSA) is 33.6 Å². The van der Waals surface area contributed by atoms with Crippen molar-refractivity contribution in [2.24, 2.45) is 10.4 Å². The quantitative estimate of drug-likeness (QED) is 0.790. The third-order valence-electron chi connectivity index (χ3n) is 4.74. The second-order valence-electron chi connectivity index (χ2n) is 5.96. The number of aliphatic imine (C=N–C) groups is 1. The lowest BCUT2D eigenvalue weighted by molar-refractivity contribution is -0.0878. The fourth-order valence-corrected chi connectivity index (χ4v) is 4.68. The fourth-order valence-electron chi connectivity index (χ4n) is 3.40. The average molecular weight is 286 g/mol. The molecule has 2 aliphatic carbocycles. The Morgan fingerprint density at radius 3 is 2.79 bits per heavy atom. The normalized spacial score (nSPS) is 51.2. The molecule has 6 heteroatoms. The highest BCUT2D eigenvalue weighted by Gasteiger charge is 2.78. The van der Waals surface area contributed by atoms with Crippen molar-refractivity contribution in [1.82, 2.24) is 5.32 Å². The number of halogens is 2. The highest BCUT2D eigenvalue weighted by Crippen LogP contribution is 2.67. The molecule has 3 nitrogen and oxygen atoms in total. The van der Waals surface area contributed by atoms with Gasteiger partial charge in [-0.1, -0.05) is 17.8 Å². The Balaban J connectivity index is 1.58. The van der Waals surface area contributed by atoms with Gasteiger partial charge in [-0.3, -0.25) is 4.99 Å². The number of hydrogen-bond acceptors (Lipinski definition) is 3. The number of thioether (sulfide) groups is 1. The fraction of sp³-hybridized carbons (Fsp3) is 0.769. The summed E-state index contributed by atoms with van der Waals surface area (Å²) in [6, 6.07) is 0.145. The lowest BCUT2D eigenvalue weighted by Gasteiger charge is -2.38. The van der Waals surface area contributed by atoms with Gasteiger partial charge in [-0.05, 0) is 24.7 Å². The van der Waals surface area contributed by atoms with Crippen LogP contribution in [0.25, 0.3) is 0 Å². The highest BCUT2D eigenvalue weighted by atomic mass is 32.2. The van der Waals surface area contributed by atoms with Gasteiger partial charge < -0.3 is 10.1 Å². The van der Waals surface area contributed by atoms with Crippen molar-refractivity contribution in [1.29, 1.82) is 0 Å². The lowest BCUT2D eigenvalue weighted by atomic mass is 9.86. The minimum Gasteiger partial charge on any atom is -0.358 e. The summed E-state index contributed by atoms with van der Waals surface area (Å²) in [6.07, 6.45) is 1.40. The Morgan fingerprint density at radius 1 is 1.47 bits per heavy atom. The van der Waals surface area contributed by atoms with Crippen molar-refractivity contribution in [2.45, 2.75) is 48.7 Å². The molecule has 2 saturated carbocycles. The van der Waals surface area contributed by atoms with E-state index >= 15 is 0 Å². The second kappa shape index (κ2) is 3.73. The predicted octanol–water partition coefficient (Wildman–Crippen LogP) is 2.19. The first-order valence-electron chi connectivity index (χ1n) is 6.66. The first-order chi connectivity index (χ1) is 9.11. The monoisotopic (exact) mass is 286 g/mol. The molecule has 4 rings (SSSR count). The molecular formula is C13H16F2N2OS. The zero-order chi connectivity index (χ0) is 13.3. The minimum atomic E-state index is -1.44. The van der Waals surface area contributed by atoms with Gasteiger partial charge in [0.05, 0.1) is 12.6 Å². The van der Waals surface area contributed by atoms with Crippen molar-refractivity contribution < 1.29 is 13.5 Å². The number of rotatable bonds is 2. The van der Waals surface area contributed by atoms with E-state index in [1.54, 1.807) is 6.08 Å². The molecule has 0 radical (unpaired) electrons. The van der Waals surface area contributed by atoms with Gasteiger partial charge in [0.15, 0.2) is 17.5 Å². The Labute approximate surface area is 114 Å². The van der Waals surface area contributed by atoms with E-state index in [2.05, 4.69) is 16.9 Å². The number of alkyl halides is 2. The summed E-state index contributed by atoms with van der Waals surface area (Å²) in [5.41, 5.74) is -1.34. The van der Waals surface area contributed by atoms with Gasteiger partial charge in [-0.15, -0.1) is 6.58 Å². The third kappa shape index (κ3) is 1.56. The molecule has 104 valence electrons. The number of fused-ring (bicyclic) bond motifs is 2. The van der Waals surface area contributed by atoms with Crippen LogP contribution in [-0.2, 0) is 4.74 Å².